The van der Waals surface area contributed by atoms with Crippen molar-refractivity contribution in [3.05, 3.63) is 28.7 Å². The molecule has 1 heterocycles. The maximum atomic E-state index is 11.9. The number of amides is 2. The number of aromatic nitrogens is 1. The van der Waals surface area contributed by atoms with Crippen LogP contribution in [0.25, 0.3) is 11.1 Å². The average molecular weight is 335 g/mol. The molecule has 0 bridgehead atoms. The van der Waals surface area contributed by atoms with Crippen LogP contribution in [0.4, 0.5) is 10.5 Å². The normalized spacial score (nSPS) is 11.3. The molecule has 8 heteroatoms. The maximum absolute atomic E-state index is 11.9. The van der Waals surface area contributed by atoms with Crippen molar-refractivity contribution in [2.24, 2.45) is 0 Å². The Morgan fingerprint density at radius 2 is 2.04 bits per heavy atom. The van der Waals surface area contributed by atoms with Crippen molar-refractivity contribution in [3.63, 3.8) is 0 Å². The predicted octanol–water partition coefficient (Wildman–Crippen LogP) is 2.36. The summed E-state index contributed by atoms with van der Waals surface area (Å²) in [6.45, 7) is 5.69. The molecule has 0 radical (unpaired) electrons. The first kappa shape index (κ1) is 17.6. The van der Waals surface area contributed by atoms with Gasteiger partial charge in [0.25, 0.3) is 0 Å². The van der Waals surface area contributed by atoms with Crippen molar-refractivity contribution >= 4 is 28.8 Å². The SMILES string of the molecule is CC(C)(C)OC(=O)NCCCC(=O)Nc1ccc2oc(=O)[nH]c2c1. The van der Waals surface area contributed by atoms with Crippen LogP contribution in [0, 0.1) is 0 Å². The maximum Gasteiger partial charge on any atom is 0.417 e. The number of hydrogen-bond acceptors (Lipinski definition) is 5. The highest BCUT2D eigenvalue weighted by molar-refractivity contribution is 5.92. The van der Waals surface area contributed by atoms with Crippen molar-refractivity contribution in [1.82, 2.24) is 10.3 Å². The van der Waals surface area contributed by atoms with Crippen LogP contribution >= 0.6 is 0 Å². The number of hydrogen-bond donors (Lipinski definition) is 3. The third-order valence-corrected chi connectivity index (χ3v) is 2.95. The van der Waals surface area contributed by atoms with Gasteiger partial charge >= 0.3 is 11.8 Å². The smallest absolute Gasteiger partial charge is 0.417 e. The molecule has 130 valence electrons. The summed E-state index contributed by atoms with van der Waals surface area (Å²) in [5.41, 5.74) is 0.961. The molecule has 2 amide bonds. The second-order valence-electron chi connectivity index (χ2n) is 6.31. The van der Waals surface area contributed by atoms with Crippen molar-refractivity contribution in [2.75, 3.05) is 11.9 Å². The lowest BCUT2D eigenvalue weighted by Crippen LogP contribution is -2.33. The summed E-state index contributed by atoms with van der Waals surface area (Å²) in [5, 5.41) is 5.32. The highest BCUT2D eigenvalue weighted by atomic mass is 16.6. The molecular formula is C16H21N3O5. The van der Waals surface area contributed by atoms with E-state index in [1.807, 2.05) is 0 Å². The third kappa shape index (κ3) is 5.45. The fraction of sp³-hybridized carbons (Fsp3) is 0.438. The van der Waals surface area contributed by atoms with Gasteiger partial charge in [-0.25, -0.2) is 9.59 Å². The number of oxazole rings is 1. The summed E-state index contributed by atoms with van der Waals surface area (Å²) in [6.07, 6.45) is 0.225. The van der Waals surface area contributed by atoms with Gasteiger partial charge in [0, 0.05) is 18.7 Å². The Kier molecular flexibility index (Phi) is 5.28. The van der Waals surface area contributed by atoms with E-state index in [9.17, 15) is 14.4 Å². The third-order valence-electron chi connectivity index (χ3n) is 2.95. The van der Waals surface area contributed by atoms with Gasteiger partial charge < -0.3 is 19.8 Å². The second-order valence-corrected chi connectivity index (χ2v) is 6.31. The number of rotatable bonds is 5. The van der Waals surface area contributed by atoms with E-state index in [0.29, 0.717) is 29.8 Å². The molecule has 0 spiro atoms. The minimum atomic E-state index is -0.547. The summed E-state index contributed by atoms with van der Waals surface area (Å²) >= 11 is 0. The quantitative estimate of drug-likeness (QED) is 0.726. The van der Waals surface area contributed by atoms with Crippen LogP contribution in [0.15, 0.2) is 27.4 Å². The number of nitrogens with one attached hydrogen (secondary N) is 3. The Morgan fingerprint density at radius 3 is 2.75 bits per heavy atom. The fourth-order valence-electron chi connectivity index (χ4n) is 2.01. The van der Waals surface area contributed by atoms with Crippen molar-refractivity contribution < 1.29 is 18.7 Å². The monoisotopic (exact) mass is 335 g/mol. The van der Waals surface area contributed by atoms with Gasteiger partial charge in [-0.1, -0.05) is 0 Å². The standard InChI is InChI=1S/C16H21N3O5/c1-16(2,3)24-14(21)17-8-4-5-13(20)18-10-6-7-12-11(9-10)19-15(22)23-12/h6-7,9H,4-5,8H2,1-3H3,(H,17,21)(H,18,20)(H,19,22). The molecule has 2 aromatic rings. The van der Waals surface area contributed by atoms with E-state index in [-0.39, 0.29) is 12.3 Å². The topological polar surface area (TPSA) is 113 Å². The molecule has 0 aliphatic rings. The fourth-order valence-corrected chi connectivity index (χ4v) is 2.01. The first-order chi connectivity index (χ1) is 11.2. The van der Waals surface area contributed by atoms with E-state index < -0.39 is 17.5 Å². The van der Waals surface area contributed by atoms with E-state index in [1.54, 1.807) is 39.0 Å². The highest BCUT2D eigenvalue weighted by Gasteiger charge is 2.15. The van der Waals surface area contributed by atoms with E-state index in [2.05, 4.69) is 15.6 Å². The molecule has 3 N–H and O–H groups in total. The molecule has 0 saturated carbocycles. The van der Waals surface area contributed by atoms with Crippen molar-refractivity contribution in [2.45, 2.75) is 39.2 Å². The van der Waals surface area contributed by atoms with E-state index >= 15 is 0 Å². The summed E-state index contributed by atoms with van der Waals surface area (Å²) in [5.74, 6) is -0.729. The first-order valence-electron chi connectivity index (χ1n) is 7.62. The van der Waals surface area contributed by atoms with Crippen LogP contribution in [0.2, 0.25) is 0 Å². The molecule has 0 aliphatic heterocycles. The number of carbonyl (C=O) groups is 2. The lowest BCUT2D eigenvalue weighted by Gasteiger charge is -2.19. The summed E-state index contributed by atoms with van der Waals surface area (Å²) in [4.78, 5) is 36.9. The number of fused-ring (bicyclic) bond motifs is 1. The molecule has 0 fully saturated rings. The summed E-state index contributed by atoms with van der Waals surface area (Å²) in [6, 6.07) is 4.87. The van der Waals surface area contributed by atoms with Gasteiger partial charge in [-0.15, -0.1) is 0 Å². The van der Waals surface area contributed by atoms with Gasteiger partial charge in [0.15, 0.2) is 5.58 Å². The zero-order chi connectivity index (χ0) is 17.7. The minimum absolute atomic E-state index is 0.189. The Morgan fingerprint density at radius 1 is 1.29 bits per heavy atom. The number of aromatic amines is 1. The number of anilines is 1. The number of H-pyrrole nitrogens is 1. The lowest BCUT2D eigenvalue weighted by atomic mass is 10.2. The zero-order valence-corrected chi connectivity index (χ0v) is 13.9. The van der Waals surface area contributed by atoms with Gasteiger partial charge in [0.05, 0.1) is 5.52 Å². The molecule has 24 heavy (non-hydrogen) atoms. The molecule has 0 saturated heterocycles. The molecular weight excluding hydrogens is 314 g/mol. The first-order valence-corrected chi connectivity index (χ1v) is 7.62. The lowest BCUT2D eigenvalue weighted by molar-refractivity contribution is -0.116. The summed E-state index contributed by atoms with van der Waals surface area (Å²) in [7, 11) is 0. The Bertz CT molecular complexity index is 785. The molecule has 1 aromatic carbocycles. The van der Waals surface area contributed by atoms with Crippen LogP contribution < -0.4 is 16.4 Å². The molecule has 0 unspecified atom stereocenters. The van der Waals surface area contributed by atoms with Crippen LogP contribution in [0.3, 0.4) is 0 Å². The van der Waals surface area contributed by atoms with Gasteiger partial charge in [-0.2, -0.15) is 0 Å². The largest absolute Gasteiger partial charge is 0.444 e. The highest BCUT2D eigenvalue weighted by Crippen LogP contribution is 2.16. The molecule has 1 aromatic heterocycles. The van der Waals surface area contributed by atoms with E-state index in [1.165, 1.54) is 0 Å². The van der Waals surface area contributed by atoms with E-state index in [4.69, 9.17) is 9.15 Å². The average Bonchev–Trinajstić information content (AvgIpc) is 2.81. The van der Waals surface area contributed by atoms with Crippen LogP contribution in [0.5, 0.6) is 0 Å². The van der Waals surface area contributed by atoms with Crippen LogP contribution in [-0.2, 0) is 9.53 Å². The number of ether oxygens (including phenoxy) is 1. The van der Waals surface area contributed by atoms with Gasteiger partial charge in [-0.3, -0.25) is 9.78 Å². The zero-order valence-electron chi connectivity index (χ0n) is 13.9. The number of alkyl carbamates (subject to hydrolysis) is 1. The number of carbonyl (C=O) groups excluding carboxylic acids is 2. The van der Waals surface area contributed by atoms with Crippen molar-refractivity contribution in [1.29, 1.82) is 0 Å². The molecule has 2 rings (SSSR count). The summed E-state index contributed by atoms with van der Waals surface area (Å²) < 4.78 is 9.98. The van der Waals surface area contributed by atoms with E-state index in [0.717, 1.165) is 0 Å². The van der Waals surface area contributed by atoms with Crippen molar-refractivity contribution in [3.8, 4) is 0 Å². The van der Waals surface area contributed by atoms with Gasteiger partial charge in [-0.05, 0) is 45.4 Å². The number of benzene rings is 1. The predicted molar refractivity (Wildman–Crippen MR) is 88.9 cm³/mol. The Hall–Kier alpha value is -2.77. The van der Waals surface area contributed by atoms with Crippen LogP contribution in [-0.4, -0.2) is 29.1 Å². The molecule has 8 nitrogen and oxygen atoms in total. The Balaban J connectivity index is 1.74. The molecule has 0 atom stereocenters. The van der Waals surface area contributed by atoms with Gasteiger partial charge in [0.1, 0.15) is 5.60 Å². The van der Waals surface area contributed by atoms with Gasteiger partial charge in [0.2, 0.25) is 5.91 Å². The minimum Gasteiger partial charge on any atom is -0.444 e. The Labute approximate surface area is 138 Å². The molecule has 0 aliphatic carbocycles. The second kappa shape index (κ2) is 7.20. The van der Waals surface area contributed by atoms with Crippen LogP contribution in [0.1, 0.15) is 33.6 Å².